The number of aryl methyl sites for hydroxylation is 2. The van der Waals surface area contributed by atoms with Crippen molar-refractivity contribution in [2.45, 2.75) is 26.1 Å². The van der Waals surface area contributed by atoms with Gasteiger partial charge in [-0.15, -0.1) is 0 Å². The van der Waals surface area contributed by atoms with Crippen molar-refractivity contribution in [3.8, 4) is 0 Å². The molecule has 1 N–H and O–H groups in total. The van der Waals surface area contributed by atoms with Crippen LogP contribution in [0.15, 0.2) is 53.0 Å². The summed E-state index contributed by atoms with van der Waals surface area (Å²) in [6, 6.07) is 14.0. The van der Waals surface area contributed by atoms with Gasteiger partial charge in [-0.05, 0) is 36.6 Å². The van der Waals surface area contributed by atoms with Crippen LogP contribution in [0.4, 0.5) is 13.2 Å². The van der Waals surface area contributed by atoms with Crippen molar-refractivity contribution in [3.05, 3.63) is 69.7 Å². The van der Waals surface area contributed by atoms with Gasteiger partial charge in [0.1, 0.15) is 0 Å². The normalized spacial score (nSPS) is 12.3. The summed E-state index contributed by atoms with van der Waals surface area (Å²) in [6.07, 6.45) is -6.97. The van der Waals surface area contributed by atoms with Crippen molar-refractivity contribution in [1.82, 2.24) is 0 Å². The molecule has 0 aromatic heterocycles. The zero-order chi connectivity index (χ0) is 16.0. The van der Waals surface area contributed by atoms with Crippen molar-refractivity contribution >= 4 is 15.9 Å². The predicted molar refractivity (Wildman–Crippen MR) is 81.1 cm³/mol. The van der Waals surface area contributed by atoms with Crippen LogP contribution in [0.1, 0.15) is 22.8 Å². The molecule has 2 aromatic rings. The quantitative estimate of drug-likeness (QED) is 0.726. The van der Waals surface area contributed by atoms with E-state index in [1.165, 1.54) is 35.2 Å². The minimum Gasteiger partial charge on any atom is -0.379 e. The highest BCUT2D eigenvalue weighted by Gasteiger charge is 2.39. The van der Waals surface area contributed by atoms with E-state index in [9.17, 15) is 13.2 Å². The van der Waals surface area contributed by atoms with Gasteiger partial charge in [-0.25, -0.2) is 0 Å². The zero-order valence-electron chi connectivity index (χ0n) is 11.7. The Morgan fingerprint density at radius 3 is 1.76 bits per heavy atom. The lowest BCUT2D eigenvalue weighted by molar-refractivity contribution is -0.206. The van der Waals surface area contributed by atoms with Crippen LogP contribution < -0.4 is 0 Å². The number of halogens is 4. The Balaban J connectivity index is 0.000000235. The molecule has 0 aliphatic carbocycles. The molecule has 1 atom stereocenters. The molecular formula is C16H16BrF3O. The van der Waals surface area contributed by atoms with Crippen LogP contribution in [0.2, 0.25) is 0 Å². The fourth-order valence-electron chi connectivity index (χ4n) is 1.62. The van der Waals surface area contributed by atoms with E-state index in [-0.39, 0.29) is 5.56 Å². The van der Waals surface area contributed by atoms with Crippen molar-refractivity contribution in [2.75, 3.05) is 0 Å². The van der Waals surface area contributed by atoms with Crippen LogP contribution in [0.25, 0.3) is 0 Å². The summed E-state index contributed by atoms with van der Waals surface area (Å²) in [4.78, 5) is 0. The molecule has 114 valence electrons. The lowest BCUT2D eigenvalue weighted by Crippen LogP contribution is -2.20. The van der Waals surface area contributed by atoms with Gasteiger partial charge in [0.2, 0.25) is 0 Å². The zero-order valence-corrected chi connectivity index (χ0v) is 13.2. The van der Waals surface area contributed by atoms with Gasteiger partial charge < -0.3 is 5.11 Å². The predicted octanol–water partition coefficient (Wildman–Crippen LogP) is 5.35. The van der Waals surface area contributed by atoms with Gasteiger partial charge in [0.05, 0.1) is 0 Å². The molecular weight excluding hydrogens is 345 g/mol. The van der Waals surface area contributed by atoms with Gasteiger partial charge in [-0.1, -0.05) is 58.4 Å². The molecule has 0 saturated carbocycles. The van der Waals surface area contributed by atoms with Gasteiger partial charge in [-0.2, -0.15) is 13.2 Å². The first kappa shape index (κ1) is 17.7. The summed E-state index contributed by atoms with van der Waals surface area (Å²) < 4.78 is 37.4. The van der Waals surface area contributed by atoms with Crippen molar-refractivity contribution < 1.29 is 18.3 Å². The molecule has 0 aliphatic rings. The summed E-state index contributed by atoms with van der Waals surface area (Å²) in [5.74, 6) is 0. The van der Waals surface area contributed by atoms with Crippen LogP contribution in [-0.4, -0.2) is 11.3 Å². The van der Waals surface area contributed by atoms with Gasteiger partial charge in [0, 0.05) is 4.47 Å². The molecule has 5 heteroatoms. The molecule has 0 radical (unpaired) electrons. The molecule has 21 heavy (non-hydrogen) atoms. The maximum atomic E-state index is 12.1. The Labute approximate surface area is 130 Å². The summed E-state index contributed by atoms with van der Waals surface area (Å²) in [7, 11) is 0. The number of hydrogen-bond acceptors (Lipinski definition) is 1. The number of benzene rings is 2. The van der Waals surface area contributed by atoms with Gasteiger partial charge in [0.15, 0.2) is 6.10 Å². The molecule has 0 spiro atoms. The highest BCUT2D eigenvalue weighted by Crippen LogP contribution is 2.33. The average molecular weight is 361 g/mol. The van der Waals surface area contributed by atoms with E-state index in [4.69, 9.17) is 5.11 Å². The summed E-state index contributed by atoms with van der Waals surface area (Å²) in [5.41, 5.74) is 1.63. The van der Waals surface area contributed by atoms with Crippen molar-refractivity contribution in [2.24, 2.45) is 0 Å². The lowest BCUT2D eigenvalue weighted by atomic mass is 10.0. The first-order valence-electron chi connectivity index (χ1n) is 6.25. The summed E-state index contributed by atoms with van der Waals surface area (Å²) in [6.45, 7) is 3.61. The van der Waals surface area contributed by atoms with Crippen LogP contribution in [0.3, 0.4) is 0 Å². The number of aliphatic hydroxyl groups is 1. The first-order valence-corrected chi connectivity index (χ1v) is 7.04. The molecule has 1 unspecified atom stereocenters. The maximum absolute atomic E-state index is 12.1. The third kappa shape index (κ3) is 5.52. The molecule has 2 aromatic carbocycles. The Kier molecular flexibility index (Phi) is 6.42. The minimum atomic E-state index is -4.59. The van der Waals surface area contributed by atoms with Gasteiger partial charge >= 0.3 is 6.18 Å². The molecule has 0 heterocycles. The third-order valence-corrected chi connectivity index (χ3v) is 3.76. The average Bonchev–Trinajstić information content (AvgIpc) is 2.42. The fraction of sp³-hybridized carbons (Fsp3) is 0.250. The van der Waals surface area contributed by atoms with Crippen LogP contribution >= 0.6 is 15.9 Å². The summed E-state index contributed by atoms with van der Waals surface area (Å²) >= 11 is 3.40. The standard InChI is InChI=1S/C9H9F3O.C7H7Br/c1-6-4-2-3-5-7(6)8(13)9(10,11)12;1-6-4-2-3-5-7(6)8/h2-5,8,13H,1H3;2-5H,1H3. The first-order chi connectivity index (χ1) is 9.73. The lowest BCUT2D eigenvalue weighted by Gasteiger charge is -2.16. The Hall–Kier alpha value is -1.33. The van der Waals surface area contributed by atoms with Crippen LogP contribution in [0, 0.1) is 13.8 Å². The van der Waals surface area contributed by atoms with Crippen LogP contribution in [0.5, 0.6) is 0 Å². The van der Waals surface area contributed by atoms with Gasteiger partial charge in [0.25, 0.3) is 0 Å². The molecule has 2 rings (SSSR count). The van der Waals surface area contributed by atoms with E-state index >= 15 is 0 Å². The molecule has 0 fully saturated rings. The minimum absolute atomic E-state index is 0.0880. The fourth-order valence-corrected chi connectivity index (χ4v) is 1.91. The van der Waals surface area contributed by atoms with E-state index in [0.29, 0.717) is 5.56 Å². The van der Waals surface area contributed by atoms with E-state index in [2.05, 4.69) is 28.9 Å². The maximum Gasteiger partial charge on any atom is 0.418 e. The molecule has 0 aliphatic heterocycles. The van der Waals surface area contributed by atoms with Gasteiger partial charge in [-0.3, -0.25) is 0 Å². The van der Waals surface area contributed by atoms with E-state index in [1.54, 1.807) is 6.07 Å². The highest BCUT2D eigenvalue weighted by atomic mass is 79.9. The number of aliphatic hydroxyl groups excluding tert-OH is 1. The topological polar surface area (TPSA) is 20.2 Å². The molecule has 0 saturated heterocycles. The second kappa shape index (κ2) is 7.61. The van der Waals surface area contributed by atoms with Crippen LogP contribution in [-0.2, 0) is 0 Å². The second-order valence-electron chi connectivity index (χ2n) is 4.55. The van der Waals surface area contributed by atoms with Crippen molar-refractivity contribution in [1.29, 1.82) is 0 Å². The highest BCUT2D eigenvalue weighted by molar-refractivity contribution is 9.10. The van der Waals surface area contributed by atoms with E-state index in [1.807, 2.05) is 18.2 Å². The smallest absolute Gasteiger partial charge is 0.379 e. The largest absolute Gasteiger partial charge is 0.418 e. The Morgan fingerprint density at radius 2 is 1.38 bits per heavy atom. The van der Waals surface area contributed by atoms with E-state index in [0.717, 1.165) is 0 Å². The molecule has 0 bridgehead atoms. The monoisotopic (exact) mass is 360 g/mol. The number of hydrogen-bond donors (Lipinski definition) is 1. The Bertz CT molecular complexity index is 561. The van der Waals surface area contributed by atoms with E-state index < -0.39 is 12.3 Å². The Morgan fingerprint density at radius 1 is 0.905 bits per heavy atom. The third-order valence-electron chi connectivity index (χ3n) is 2.87. The molecule has 0 amide bonds. The summed E-state index contributed by atoms with van der Waals surface area (Å²) in [5, 5.41) is 8.91. The van der Waals surface area contributed by atoms with Crippen molar-refractivity contribution in [3.63, 3.8) is 0 Å². The SMILES string of the molecule is Cc1ccccc1Br.Cc1ccccc1C(O)C(F)(F)F. The molecule has 1 nitrogen and oxygen atoms in total. The number of rotatable bonds is 1. The number of alkyl halides is 3. The second-order valence-corrected chi connectivity index (χ2v) is 5.40.